The molecule has 0 radical (unpaired) electrons. The van der Waals surface area contributed by atoms with E-state index in [2.05, 4.69) is 4.98 Å². The Morgan fingerprint density at radius 2 is 1.80 bits per heavy atom. The van der Waals surface area contributed by atoms with Crippen LogP contribution < -0.4 is 5.56 Å². The number of H-pyrrole nitrogens is 1. The van der Waals surface area contributed by atoms with Crippen molar-refractivity contribution in [1.82, 2.24) is 9.88 Å². The van der Waals surface area contributed by atoms with Crippen molar-refractivity contribution in [3.63, 3.8) is 0 Å². The van der Waals surface area contributed by atoms with Crippen molar-refractivity contribution in [2.45, 2.75) is 52.2 Å². The topological polar surface area (TPSA) is 79.5 Å². The van der Waals surface area contributed by atoms with Crippen LogP contribution in [0.25, 0.3) is 0 Å². The van der Waals surface area contributed by atoms with Gasteiger partial charge < -0.3 is 14.6 Å². The fraction of sp³-hybridized carbons (Fsp3) is 0.458. The average molecular weight is 408 g/mol. The van der Waals surface area contributed by atoms with E-state index in [0.29, 0.717) is 37.3 Å². The lowest BCUT2D eigenvalue weighted by atomic mass is 9.75. The van der Waals surface area contributed by atoms with E-state index in [1.807, 2.05) is 58.0 Å². The van der Waals surface area contributed by atoms with Crippen molar-refractivity contribution in [2.75, 3.05) is 13.2 Å². The number of Topliss-reactive ketones (excluding diaryl/α,β-unsaturated/α-hetero) is 1. The van der Waals surface area contributed by atoms with Crippen molar-refractivity contribution < 1.29 is 14.3 Å². The number of nitrogens with zero attached hydrogens (tertiary/aromatic N) is 1. The number of rotatable bonds is 2. The minimum Gasteiger partial charge on any atom is -0.369 e. The second kappa shape index (κ2) is 7.20. The van der Waals surface area contributed by atoms with Gasteiger partial charge in [-0.05, 0) is 37.3 Å². The summed E-state index contributed by atoms with van der Waals surface area (Å²) in [7, 11) is 0. The SMILES string of the molecule is CC1(C)CC(=O)c2cc(C(=O)N3CC(c4ccccc4)OCC3(C)C)c(=O)[nH]c2C1. The fourth-order valence-corrected chi connectivity index (χ4v) is 4.41. The lowest BCUT2D eigenvalue weighted by Crippen LogP contribution is -2.57. The van der Waals surface area contributed by atoms with Gasteiger partial charge in [-0.3, -0.25) is 14.4 Å². The van der Waals surface area contributed by atoms with E-state index < -0.39 is 11.1 Å². The first-order valence-electron chi connectivity index (χ1n) is 10.4. The molecule has 2 aliphatic rings. The molecule has 0 saturated carbocycles. The molecule has 1 aromatic carbocycles. The van der Waals surface area contributed by atoms with Gasteiger partial charge in [-0.15, -0.1) is 0 Å². The number of morpholine rings is 1. The zero-order valence-electron chi connectivity index (χ0n) is 18.0. The number of carbonyl (C=O) groups is 2. The van der Waals surface area contributed by atoms with Crippen molar-refractivity contribution in [3.8, 4) is 0 Å². The largest absolute Gasteiger partial charge is 0.369 e. The summed E-state index contributed by atoms with van der Waals surface area (Å²) in [5, 5.41) is 0. The third kappa shape index (κ3) is 3.72. The monoisotopic (exact) mass is 408 g/mol. The number of hydrogen-bond donors (Lipinski definition) is 1. The Labute approximate surface area is 176 Å². The molecule has 6 nitrogen and oxygen atoms in total. The molecular formula is C24H28N2O4. The molecule has 158 valence electrons. The van der Waals surface area contributed by atoms with E-state index in [1.165, 1.54) is 6.07 Å². The van der Waals surface area contributed by atoms with Gasteiger partial charge in [-0.25, -0.2) is 0 Å². The lowest BCUT2D eigenvalue weighted by molar-refractivity contribution is -0.0847. The summed E-state index contributed by atoms with van der Waals surface area (Å²) in [4.78, 5) is 43.5. The Kier molecular flexibility index (Phi) is 4.93. The summed E-state index contributed by atoms with van der Waals surface area (Å²) in [6, 6.07) is 11.2. The van der Waals surface area contributed by atoms with E-state index in [9.17, 15) is 14.4 Å². The number of nitrogens with one attached hydrogen (secondary N) is 1. The molecule has 0 spiro atoms. The number of amides is 1. The molecule has 1 aliphatic carbocycles. The number of pyridine rings is 1. The van der Waals surface area contributed by atoms with Crippen LogP contribution in [-0.2, 0) is 11.2 Å². The smallest absolute Gasteiger partial charge is 0.261 e. The highest BCUT2D eigenvalue weighted by molar-refractivity contribution is 6.02. The van der Waals surface area contributed by atoms with Gasteiger partial charge in [0.2, 0.25) is 0 Å². The molecule has 0 bridgehead atoms. The van der Waals surface area contributed by atoms with Crippen LogP contribution in [0.2, 0.25) is 0 Å². The first-order valence-corrected chi connectivity index (χ1v) is 10.4. The first-order chi connectivity index (χ1) is 14.1. The lowest BCUT2D eigenvalue weighted by Gasteiger charge is -2.45. The fourth-order valence-electron chi connectivity index (χ4n) is 4.41. The summed E-state index contributed by atoms with van der Waals surface area (Å²) in [5.41, 5.74) is 0.878. The normalized spacial score (nSPS) is 22.5. The Morgan fingerprint density at radius 1 is 1.10 bits per heavy atom. The molecule has 4 rings (SSSR count). The molecule has 1 unspecified atom stereocenters. The van der Waals surface area contributed by atoms with Crippen molar-refractivity contribution in [3.05, 3.63) is 69.1 Å². The molecular weight excluding hydrogens is 380 g/mol. The second-order valence-corrected chi connectivity index (χ2v) is 9.78. The molecule has 1 atom stereocenters. The molecule has 1 aromatic heterocycles. The highest BCUT2D eigenvalue weighted by Crippen LogP contribution is 2.34. The maximum Gasteiger partial charge on any atom is 0.261 e. The zero-order valence-corrected chi connectivity index (χ0v) is 18.0. The van der Waals surface area contributed by atoms with Gasteiger partial charge in [0.15, 0.2) is 5.78 Å². The number of hydrogen-bond acceptors (Lipinski definition) is 4. The van der Waals surface area contributed by atoms with Crippen molar-refractivity contribution in [2.24, 2.45) is 5.41 Å². The van der Waals surface area contributed by atoms with E-state index >= 15 is 0 Å². The average Bonchev–Trinajstić information content (AvgIpc) is 2.66. The maximum absolute atomic E-state index is 13.5. The van der Waals surface area contributed by atoms with Gasteiger partial charge >= 0.3 is 0 Å². The maximum atomic E-state index is 13.5. The summed E-state index contributed by atoms with van der Waals surface area (Å²) >= 11 is 0. The number of ketones is 1. The number of aromatic amines is 1. The van der Waals surface area contributed by atoms with Crippen molar-refractivity contribution in [1.29, 1.82) is 0 Å². The number of carbonyl (C=O) groups excluding carboxylic acids is 2. The van der Waals surface area contributed by atoms with Gasteiger partial charge in [0.05, 0.1) is 18.7 Å². The predicted molar refractivity (Wildman–Crippen MR) is 114 cm³/mol. The summed E-state index contributed by atoms with van der Waals surface area (Å²) < 4.78 is 6.02. The van der Waals surface area contributed by atoms with Crippen LogP contribution in [0, 0.1) is 5.41 Å². The minimum atomic E-state index is -0.573. The second-order valence-electron chi connectivity index (χ2n) is 9.78. The van der Waals surface area contributed by atoms with Gasteiger partial charge in [-0.1, -0.05) is 44.2 Å². The van der Waals surface area contributed by atoms with E-state index in [1.54, 1.807) is 4.90 Å². The Morgan fingerprint density at radius 3 is 2.50 bits per heavy atom. The molecule has 1 N–H and O–H groups in total. The van der Waals surface area contributed by atoms with Crippen LogP contribution in [-0.4, -0.2) is 40.3 Å². The van der Waals surface area contributed by atoms with E-state index in [0.717, 1.165) is 5.56 Å². The molecule has 1 fully saturated rings. The van der Waals surface area contributed by atoms with Gasteiger partial charge in [0, 0.05) is 17.7 Å². The zero-order chi connectivity index (χ0) is 21.7. The van der Waals surface area contributed by atoms with Gasteiger partial charge in [0.1, 0.15) is 11.7 Å². The molecule has 1 amide bonds. The first kappa shape index (κ1) is 20.5. The van der Waals surface area contributed by atoms with E-state index in [-0.39, 0.29) is 28.8 Å². The molecule has 6 heteroatoms. The Balaban J connectivity index is 1.68. The van der Waals surface area contributed by atoms with Crippen LogP contribution in [0.4, 0.5) is 0 Å². The van der Waals surface area contributed by atoms with Crippen LogP contribution in [0.15, 0.2) is 41.2 Å². The number of fused-ring (bicyclic) bond motifs is 1. The quantitative estimate of drug-likeness (QED) is 0.825. The highest BCUT2D eigenvalue weighted by Gasteiger charge is 2.40. The third-order valence-electron chi connectivity index (χ3n) is 6.08. The minimum absolute atomic E-state index is 0.0172. The summed E-state index contributed by atoms with van der Waals surface area (Å²) in [6.07, 6.45) is 0.748. The summed E-state index contributed by atoms with van der Waals surface area (Å²) in [6.45, 7) is 8.55. The van der Waals surface area contributed by atoms with Gasteiger partial charge in [0.25, 0.3) is 11.5 Å². The number of ether oxygens (including phenoxy) is 1. The Bertz CT molecular complexity index is 1050. The molecule has 2 heterocycles. The van der Waals surface area contributed by atoms with Crippen LogP contribution in [0.1, 0.15) is 72.2 Å². The standard InChI is InChI=1S/C24H28N2O4/c1-23(2)11-18-16(19(27)12-23)10-17(21(28)25-18)22(29)26-13-20(30-14-24(26,3)4)15-8-6-5-7-9-15/h5-10,20H,11-14H2,1-4H3,(H,25,28). The van der Waals surface area contributed by atoms with E-state index in [4.69, 9.17) is 4.74 Å². The molecule has 1 saturated heterocycles. The predicted octanol–water partition coefficient (Wildman–Crippen LogP) is 3.52. The molecule has 1 aliphatic heterocycles. The molecule has 2 aromatic rings. The Hall–Kier alpha value is -2.73. The van der Waals surface area contributed by atoms with Crippen molar-refractivity contribution >= 4 is 11.7 Å². The third-order valence-corrected chi connectivity index (χ3v) is 6.08. The van der Waals surface area contributed by atoms with Crippen LogP contribution >= 0.6 is 0 Å². The van der Waals surface area contributed by atoms with Gasteiger partial charge in [-0.2, -0.15) is 0 Å². The van der Waals surface area contributed by atoms with Crippen LogP contribution in [0.5, 0.6) is 0 Å². The van der Waals surface area contributed by atoms with Crippen LogP contribution in [0.3, 0.4) is 0 Å². The highest BCUT2D eigenvalue weighted by atomic mass is 16.5. The number of aromatic nitrogens is 1. The summed E-state index contributed by atoms with van der Waals surface area (Å²) in [5.74, 6) is -0.402. The molecule has 30 heavy (non-hydrogen) atoms. The number of benzene rings is 1.